The number of thioether (sulfide) groups is 1. The Morgan fingerprint density at radius 2 is 1.88 bits per heavy atom. The van der Waals surface area contributed by atoms with Gasteiger partial charge in [-0.2, -0.15) is 11.8 Å². The van der Waals surface area contributed by atoms with E-state index in [4.69, 9.17) is 5.73 Å². The smallest absolute Gasteiger partial charge is 0.221 e. The van der Waals surface area contributed by atoms with Crippen molar-refractivity contribution in [1.82, 2.24) is 5.32 Å². The second-order valence-corrected chi connectivity index (χ2v) is 7.04. The van der Waals surface area contributed by atoms with Gasteiger partial charge in [-0.3, -0.25) is 4.79 Å². The molecule has 0 spiro atoms. The molecule has 0 bridgehead atoms. The van der Waals surface area contributed by atoms with Crippen LogP contribution in [0.4, 0.5) is 0 Å². The predicted molar refractivity (Wildman–Crippen MR) is 73.1 cm³/mol. The van der Waals surface area contributed by atoms with Crippen LogP contribution in [0.3, 0.4) is 0 Å². The third-order valence-electron chi connectivity index (χ3n) is 4.42. The van der Waals surface area contributed by atoms with Gasteiger partial charge in [-0.1, -0.05) is 19.3 Å². The predicted octanol–water partition coefficient (Wildman–Crippen LogP) is 2.05. The van der Waals surface area contributed by atoms with Crippen LogP contribution < -0.4 is 11.1 Å². The lowest BCUT2D eigenvalue weighted by Crippen LogP contribution is -2.48. The molecule has 2 saturated carbocycles. The average Bonchev–Trinajstić information content (AvgIpc) is 2.64. The van der Waals surface area contributed by atoms with Crippen molar-refractivity contribution in [1.29, 1.82) is 0 Å². The molecule has 0 aliphatic heterocycles. The quantitative estimate of drug-likeness (QED) is 0.791. The average molecular weight is 256 g/mol. The third kappa shape index (κ3) is 3.16. The molecule has 0 unspecified atom stereocenters. The van der Waals surface area contributed by atoms with Gasteiger partial charge in [0.1, 0.15) is 0 Å². The minimum atomic E-state index is -0.212. The zero-order chi connectivity index (χ0) is 12.4. The molecule has 17 heavy (non-hydrogen) atoms. The van der Waals surface area contributed by atoms with Crippen molar-refractivity contribution in [2.75, 3.05) is 12.8 Å². The fraction of sp³-hybridized carbons (Fsp3) is 0.923. The Bertz CT molecular complexity index is 278. The summed E-state index contributed by atoms with van der Waals surface area (Å²) in [4.78, 5) is 11.9. The van der Waals surface area contributed by atoms with E-state index in [1.54, 1.807) is 0 Å². The van der Waals surface area contributed by atoms with Gasteiger partial charge in [0.05, 0.1) is 0 Å². The molecule has 2 aliphatic rings. The number of amides is 1. The van der Waals surface area contributed by atoms with Crippen LogP contribution in [-0.2, 0) is 4.79 Å². The normalized spacial score (nSPS) is 25.3. The number of carbonyl (C=O) groups excluding carboxylic acids is 1. The molecule has 3 nitrogen and oxygen atoms in total. The first-order valence-electron chi connectivity index (χ1n) is 6.68. The molecule has 0 radical (unpaired) electrons. The lowest BCUT2D eigenvalue weighted by Gasteiger charge is -2.40. The maximum absolute atomic E-state index is 11.9. The SMILES string of the molecule is CSC1(CNC(=O)CC2(N)CCCC2)CCC1. The summed E-state index contributed by atoms with van der Waals surface area (Å²) in [6, 6.07) is 0. The zero-order valence-electron chi connectivity index (χ0n) is 10.8. The summed E-state index contributed by atoms with van der Waals surface area (Å²) < 4.78 is 0.326. The van der Waals surface area contributed by atoms with Crippen LogP contribution in [0.1, 0.15) is 51.4 Å². The second kappa shape index (κ2) is 5.19. The number of nitrogens with two attached hydrogens (primary N) is 1. The Balaban J connectivity index is 1.74. The zero-order valence-corrected chi connectivity index (χ0v) is 11.6. The molecular weight excluding hydrogens is 232 g/mol. The molecule has 0 saturated heterocycles. The van der Waals surface area contributed by atoms with Crippen LogP contribution in [-0.4, -0.2) is 29.0 Å². The summed E-state index contributed by atoms with van der Waals surface area (Å²) in [6.45, 7) is 0.822. The van der Waals surface area contributed by atoms with Crippen molar-refractivity contribution in [2.45, 2.75) is 61.7 Å². The number of carbonyl (C=O) groups is 1. The van der Waals surface area contributed by atoms with E-state index in [1.165, 1.54) is 32.1 Å². The van der Waals surface area contributed by atoms with E-state index in [0.29, 0.717) is 11.2 Å². The third-order valence-corrected chi connectivity index (χ3v) is 5.84. The highest BCUT2D eigenvalue weighted by molar-refractivity contribution is 8.00. The summed E-state index contributed by atoms with van der Waals surface area (Å²) >= 11 is 1.90. The van der Waals surface area contributed by atoms with Crippen LogP contribution in [0.25, 0.3) is 0 Å². The van der Waals surface area contributed by atoms with Gasteiger partial charge >= 0.3 is 0 Å². The summed E-state index contributed by atoms with van der Waals surface area (Å²) in [7, 11) is 0. The van der Waals surface area contributed by atoms with E-state index in [0.717, 1.165) is 19.4 Å². The number of hydrogen-bond acceptors (Lipinski definition) is 3. The van der Waals surface area contributed by atoms with Crippen molar-refractivity contribution < 1.29 is 4.79 Å². The maximum atomic E-state index is 11.9. The summed E-state index contributed by atoms with van der Waals surface area (Å²) in [5.74, 6) is 0.148. The molecule has 3 N–H and O–H groups in total. The molecule has 2 rings (SSSR count). The molecule has 2 fully saturated rings. The largest absolute Gasteiger partial charge is 0.355 e. The van der Waals surface area contributed by atoms with Crippen LogP contribution in [0, 0.1) is 0 Å². The van der Waals surface area contributed by atoms with Crippen molar-refractivity contribution in [3.05, 3.63) is 0 Å². The molecule has 0 heterocycles. The highest BCUT2D eigenvalue weighted by atomic mass is 32.2. The summed E-state index contributed by atoms with van der Waals surface area (Å²) in [5.41, 5.74) is 6.00. The highest BCUT2D eigenvalue weighted by Gasteiger charge is 2.37. The van der Waals surface area contributed by atoms with Gasteiger partial charge in [-0.25, -0.2) is 0 Å². The van der Waals surface area contributed by atoms with Crippen molar-refractivity contribution in [2.24, 2.45) is 5.73 Å². The van der Waals surface area contributed by atoms with Gasteiger partial charge in [0.2, 0.25) is 5.91 Å². The number of nitrogens with one attached hydrogen (secondary N) is 1. The van der Waals surface area contributed by atoms with Crippen LogP contribution in [0.15, 0.2) is 0 Å². The van der Waals surface area contributed by atoms with Crippen molar-refractivity contribution in [3.63, 3.8) is 0 Å². The van der Waals surface area contributed by atoms with E-state index in [-0.39, 0.29) is 11.4 Å². The first-order chi connectivity index (χ1) is 8.08. The molecule has 1 amide bonds. The number of rotatable bonds is 5. The molecule has 4 heteroatoms. The Morgan fingerprint density at radius 1 is 1.24 bits per heavy atom. The number of hydrogen-bond donors (Lipinski definition) is 2. The van der Waals surface area contributed by atoms with Gasteiger partial charge in [-0.15, -0.1) is 0 Å². The van der Waals surface area contributed by atoms with Crippen LogP contribution >= 0.6 is 11.8 Å². The molecule has 0 aromatic rings. The molecule has 2 aliphatic carbocycles. The summed E-state index contributed by atoms with van der Waals surface area (Å²) in [6.07, 6.45) is 10.8. The van der Waals surface area contributed by atoms with Gasteiger partial charge in [0.25, 0.3) is 0 Å². The van der Waals surface area contributed by atoms with Gasteiger partial charge in [0.15, 0.2) is 0 Å². The second-order valence-electron chi connectivity index (χ2n) is 5.76. The van der Waals surface area contributed by atoms with E-state index in [9.17, 15) is 4.79 Å². The van der Waals surface area contributed by atoms with E-state index in [2.05, 4.69) is 11.6 Å². The highest BCUT2D eigenvalue weighted by Crippen LogP contribution is 2.42. The first kappa shape index (κ1) is 13.2. The fourth-order valence-corrected chi connectivity index (χ4v) is 3.84. The monoisotopic (exact) mass is 256 g/mol. The lowest BCUT2D eigenvalue weighted by molar-refractivity contribution is -0.122. The van der Waals surface area contributed by atoms with E-state index < -0.39 is 0 Å². The van der Waals surface area contributed by atoms with Gasteiger partial charge in [-0.05, 0) is 31.9 Å². The lowest BCUT2D eigenvalue weighted by atomic mass is 9.84. The van der Waals surface area contributed by atoms with Crippen molar-refractivity contribution >= 4 is 17.7 Å². The standard InChI is InChI=1S/C13H24N2OS/c1-17-13(7-4-8-13)10-15-11(16)9-12(14)5-2-3-6-12/h2-10,14H2,1H3,(H,15,16). The molecular formula is C13H24N2OS. The molecule has 0 aromatic heterocycles. The topological polar surface area (TPSA) is 55.1 Å². The molecule has 98 valence electrons. The Kier molecular flexibility index (Phi) is 4.03. The van der Waals surface area contributed by atoms with Gasteiger partial charge in [0, 0.05) is 23.3 Å². The van der Waals surface area contributed by atoms with E-state index >= 15 is 0 Å². The van der Waals surface area contributed by atoms with Crippen LogP contribution in [0.2, 0.25) is 0 Å². The minimum absolute atomic E-state index is 0.148. The van der Waals surface area contributed by atoms with Crippen molar-refractivity contribution in [3.8, 4) is 0 Å². The maximum Gasteiger partial charge on any atom is 0.221 e. The van der Waals surface area contributed by atoms with Gasteiger partial charge < -0.3 is 11.1 Å². The summed E-state index contributed by atoms with van der Waals surface area (Å²) in [5, 5.41) is 3.09. The minimum Gasteiger partial charge on any atom is -0.355 e. The molecule has 0 aromatic carbocycles. The Morgan fingerprint density at radius 3 is 2.35 bits per heavy atom. The molecule has 0 atom stereocenters. The fourth-order valence-electron chi connectivity index (χ4n) is 2.92. The van der Waals surface area contributed by atoms with E-state index in [1.807, 2.05) is 11.8 Å². The Hall–Kier alpha value is -0.220. The van der Waals surface area contributed by atoms with Crippen LogP contribution in [0.5, 0.6) is 0 Å². The Labute approximate surface area is 108 Å². The first-order valence-corrected chi connectivity index (χ1v) is 7.91.